The first-order valence-electron chi connectivity index (χ1n) is 6.46. The van der Waals surface area contributed by atoms with Gasteiger partial charge in [0.2, 0.25) is 0 Å². The van der Waals surface area contributed by atoms with Crippen molar-refractivity contribution in [1.29, 1.82) is 0 Å². The van der Waals surface area contributed by atoms with Gasteiger partial charge >= 0.3 is 6.36 Å². The highest BCUT2D eigenvalue weighted by Gasteiger charge is 2.31. The first-order valence-corrected chi connectivity index (χ1v) is 6.46. The molecule has 24 heavy (non-hydrogen) atoms. The summed E-state index contributed by atoms with van der Waals surface area (Å²) in [5.74, 6) is -1.89. The second kappa shape index (κ2) is 6.90. The van der Waals surface area contributed by atoms with Gasteiger partial charge in [-0.1, -0.05) is 12.1 Å². The Morgan fingerprint density at radius 3 is 2.50 bits per heavy atom. The molecule has 2 rings (SSSR count). The number of hydrogen-bond acceptors (Lipinski definition) is 5. The molecule has 0 aromatic heterocycles. The van der Waals surface area contributed by atoms with Crippen LogP contribution in [0, 0.1) is 0 Å². The summed E-state index contributed by atoms with van der Waals surface area (Å²) in [6.07, 6.45) is -3.93. The van der Waals surface area contributed by atoms with Crippen molar-refractivity contribution in [2.45, 2.75) is 6.36 Å². The van der Waals surface area contributed by atoms with Gasteiger partial charge in [-0.05, 0) is 30.3 Å². The normalized spacial score (nSPS) is 11.5. The maximum atomic E-state index is 12.2. The molecule has 2 aromatic carbocycles. The Morgan fingerprint density at radius 2 is 1.83 bits per heavy atom. The summed E-state index contributed by atoms with van der Waals surface area (Å²) in [6.45, 7) is 0. The number of aromatic hydroxyl groups is 2. The van der Waals surface area contributed by atoms with Crippen LogP contribution in [0.15, 0.2) is 47.6 Å². The van der Waals surface area contributed by atoms with E-state index in [1.807, 2.05) is 0 Å². The third-order valence-electron chi connectivity index (χ3n) is 2.75. The van der Waals surface area contributed by atoms with Gasteiger partial charge in [-0.2, -0.15) is 5.10 Å². The Labute approximate surface area is 133 Å². The number of halogens is 3. The average Bonchev–Trinajstić information content (AvgIpc) is 2.49. The molecule has 0 bridgehead atoms. The van der Waals surface area contributed by atoms with Crippen LogP contribution in [0.3, 0.4) is 0 Å². The second-order valence-corrected chi connectivity index (χ2v) is 4.48. The van der Waals surface area contributed by atoms with E-state index in [0.29, 0.717) is 0 Å². The number of benzene rings is 2. The molecule has 0 aliphatic rings. The van der Waals surface area contributed by atoms with Crippen molar-refractivity contribution >= 4 is 12.1 Å². The van der Waals surface area contributed by atoms with Gasteiger partial charge < -0.3 is 14.9 Å². The number of alkyl halides is 3. The number of rotatable bonds is 4. The Hall–Kier alpha value is -3.23. The van der Waals surface area contributed by atoms with E-state index < -0.39 is 18.0 Å². The number of ether oxygens (including phenoxy) is 1. The molecule has 3 N–H and O–H groups in total. The maximum Gasteiger partial charge on any atom is 0.573 e. The van der Waals surface area contributed by atoms with Gasteiger partial charge in [0.25, 0.3) is 5.91 Å². The van der Waals surface area contributed by atoms with Gasteiger partial charge in [0.15, 0.2) is 0 Å². The summed E-state index contributed by atoms with van der Waals surface area (Å²) in [5.41, 5.74) is 1.94. The highest BCUT2D eigenvalue weighted by molar-refractivity contribution is 5.97. The number of para-hydroxylation sites is 1. The first kappa shape index (κ1) is 17.1. The van der Waals surface area contributed by atoms with E-state index in [1.165, 1.54) is 24.3 Å². The third kappa shape index (κ3) is 4.63. The van der Waals surface area contributed by atoms with Crippen molar-refractivity contribution in [3.05, 3.63) is 53.6 Å². The van der Waals surface area contributed by atoms with Crippen LogP contribution in [-0.4, -0.2) is 28.7 Å². The minimum absolute atomic E-state index is 0.0342. The van der Waals surface area contributed by atoms with E-state index in [0.717, 1.165) is 24.4 Å². The van der Waals surface area contributed by atoms with E-state index in [-0.39, 0.29) is 22.6 Å². The van der Waals surface area contributed by atoms with Crippen LogP contribution < -0.4 is 10.2 Å². The summed E-state index contributed by atoms with van der Waals surface area (Å²) in [6, 6.07) is 8.55. The average molecular weight is 340 g/mol. The van der Waals surface area contributed by atoms with Crippen LogP contribution in [0.5, 0.6) is 17.2 Å². The van der Waals surface area contributed by atoms with E-state index in [9.17, 15) is 28.2 Å². The number of hydrazone groups is 1. The molecule has 126 valence electrons. The van der Waals surface area contributed by atoms with Crippen molar-refractivity contribution in [2.24, 2.45) is 5.10 Å². The summed E-state index contributed by atoms with van der Waals surface area (Å²) < 4.78 is 40.2. The van der Waals surface area contributed by atoms with Gasteiger partial charge in [-0.15, -0.1) is 13.2 Å². The Morgan fingerprint density at radius 1 is 1.12 bits per heavy atom. The molecule has 2 aromatic rings. The molecule has 0 saturated carbocycles. The summed E-state index contributed by atoms with van der Waals surface area (Å²) in [7, 11) is 0. The molecule has 0 saturated heterocycles. The zero-order valence-electron chi connectivity index (χ0n) is 11.9. The quantitative estimate of drug-likeness (QED) is 0.590. The minimum atomic E-state index is -4.87. The van der Waals surface area contributed by atoms with Crippen LogP contribution in [-0.2, 0) is 0 Å². The van der Waals surface area contributed by atoms with Crippen LogP contribution >= 0.6 is 0 Å². The van der Waals surface area contributed by atoms with Gasteiger partial charge in [0, 0.05) is 5.56 Å². The van der Waals surface area contributed by atoms with Crippen molar-refractivity contribution < 1.29 is 32.9 Å². The minimum Gasteiger partial charge on any atom is -0.507 e. The zero-order chi connectivity index (χ0) is 17.7. The van der Waals surface area contributed by atoms with E-state index >= 15 is 0 Å². The number of carbonyl (C=O) groups is 1. The lowest BCUT2D eigenvalue weighted by atomic mass is 10.2. The first-order chi connectivity index (χ1) is 11.3. The molecule has 0 atom stereocenters. The van der Waals surface area contributed by atoms with E-state index in [2.05, 4.69) is 15.3 Å². The lowest BCUT2D eigenvalue weighted by Gasteiger charge is -2.09. The van der Waals surface area contributed by atoms with E-state index in [4.69, 9.17) is 0 Å². The number of hydrogen-bond donors (Lipinski definition) is 3. The van der Waals surface area contributed by atoms with Crippen molar-refractivity contribution in [1.82, 2.24) is 5.43 Å². The number of amides is 1. The number of nitrogens with one attached hydrogen (secondary N) is 1. The fraction of sp³-hybridized carbons (Fsp3) is 0.0667. The fourth-order valence-electron chi connectivity index (χ4n) is 1.72. The smallest absolute Gasteiger partial charge is 0.507 e. The monoisotopic (exact) mass is 340 g/mol. The highest BCUT2D eigenvalue weighted by Crippen LogP contribution is 2.26. The van der Waals surface area contributed by atoms with Crippen LogP contribution in [0.25, 0.3) is 0 Å². The molecule has 0 spiro atoms. The van der Waals surface area contributed by atoms with Crippen molar-refractivity contribution in [2.75, 3.05) is 0 Å². The van der Waals surface area contributed by atoms with Crippen LogP contribution in [0.1, 0.15) is 15.9 Å². The lowest BCUT2D eigenvalue weighted by Crippen LogP contribution is -2.18. The fourth-order valence-corrected chi connectivity index (χ4v) is 1.72. The number of phenols is 2. The molecule has 0 aliphatic carbocycles. The number of nitrogens with zero attached hydrogens (tertiary/aromatic N) is 1. The maximum absolute atomic E-state index is 12.2. The van der Waals surface area contributed by atoms with Gasteiger partial charge in [0.1, 0.15) is 17.2 Å². The van der Waals surface area contributed by atoms with Gasteiger partial charge in [-0.25, -0.2) is 5.43 Å². The van der Waals surface area contributed by atoms with E-state index in [1.54, 1.807) is 0 Å². The molecule has 0 aliphatic heterocycles. The molecular weight excluding hydrogens is 329 g/mol. The molecule has 0 unspecified atom stereocenters. The topological polar surface area (TPSA) is 91.2 Å². The highest BCUT2D eigenvalue weighted by atomic mass is 19.4. The zero-order valence-corrected chi connectivity index (χ0v) is 11.9. The number of phenolic OH excluding ortho intramolecular Hbond substituents is 2. The molecule has 1 amide bonds. The SMILES string of the molecule is O=C(NN=Cc1cc(OC(F)(F)F)ccc1O)c1ccccc1O. The molecule has 0 fully saturated rings. The molecule has 0 heterocycles. The predicted octanol–water partition coefficient (Wildman–Crippen LogP) is 2.76. The van der Waals surface area contributed by atoms with Crippen LogP contribution in [0.2, 0.25) is 0 Å². The standard InChI is InChI=1S/C15H11F3N2O4/c16-15(17,18)24-10-5-6-12(21)9(7-10)8-19-20-14(23)11-3-1-2-4-13(11)22/h1-8,21-22H,(H,20,23). The Balaban J connectivity index is 2.10. The van der Waals surface area contributed by atoms with Crippen molar-refractivity contribution in [3.8, 4) is 17.2 Å². The van der Waals surface area contributed by atoms with Gasteiger partial charge in [0.05, 0.1) is 11.8 Å². The second-order valence-electron chi connectivity index (χ2n) is 4.48. The number of carbonyl (C=O) groups excluding carboxylic acids is 1. The summed E-state index contributed by atoms with van der Waals surface area (Å²) in [5, 5.41) is 22.6. The third-order valence-corrected chi connectivity index (χ3v) is 2.75. The largest absolute Gasteiger partial charge is 0.573 e. The molecule has 6 nitrogen and oxygen atoms in total. The molecular formula is C15H11F3N2O4. The summed E-state index contributed by atoms with van der Waals surface area (Å²) >= 11 is 0. The van der Waals surface area contributed by atoms with Crippen molar-refractivity contribution in [3.63, 3.8) is 0 Å². The molecule has 9 heteroatoms. The summed E-state index contributed by atoms with van der Waals surface area (Å²) in [4.78, 5) is 11.8. The molecule has 0 radical (unpaired) electrons. The Kier molecular flexibility index (Phi) is 4.93. The lowest BCUT2D eigenvalue weighted by molar-refractivity contribution is -0.274. The van der Waals surface area contributed by atoms with Crippen LogP contribution in [0.4, 0.5) is 13.2 Å². The van der Waals surface area contributed by atoms with Gasteiger partial charge in [-0.3, -0.25) is 4.79 Å². The Bertz CT molecular complexity index is 776. The predicted molar refractivity (Wildman–Crippen MR) is 78.0 cm³/mol.